The van der Waals surface area contributed by atoms with E-state index in [1.807, 2.05) is 12.1 Å². The summed E-state index contributed by atoms with van der Waals surface area (Å²) >= 11 is 0. The molecular formula is C18H20N4. The van der Waals surface area contributed by atoms with Crippen LogP contribution in [-0.2, 0) is 6.42 Å². The summed E-state index contributed by atoms with van der Waals surface area (Å²) in [6.45, 7) is 2.80. The molecule has 0 aliphatic carbocycles. The molecule has 0 spiro atoms. The van der Waals surface area contributed by atoms with Crippen LogP contribution in [0.15, 0.2) is 54.9 Å². The van der Waals surface area contributed by atoms with Crippen LogP contribution in [0.3, 0.4) is 0 Å². The van der Waals surface area contributed by atoms with E-state index in [0.717, 1.165) is 36.5 Å². The van der Waals surface area contributed by atoms with Crippen LogP contribution in [0.25, 0.3) is 17.1 Å². The van der Waals surface area contributed by atoms with Gasteiger partial charge in [-0.25, -0.2) is 9.67 Å². The minimum atomic E-state index is 0.726. The number of hydrogen-bond donors (Lipinski definition) is 1. The van der Waals surface area contributed by atoms with Crippen LogP contribution in [-0.4, -0.2) is 21.3 Å². The zero-order valence-electron chi connectivity index (χ0n) is 12.7. The van der Waals surface area contributed by atoms with Crippen LogP contribution in [0.5, 0.6) is 0 Å². The van der Waals surface area contributed by atoms with Gasteiger partial charge in [0.1, 0.15) is 6.33 Å². The average molecular weight is 292 g/mol. The van der Waals surface area contributed by atoms with Crippen molar-refractivity contribution >= 4 is 0 Å². The molecular weight excluding hydrogens is 272 g/mol. The van der Waals surface area contributed by atoms with Crippen LogP contribution in [0.2, 0.25) is 0 Å². The van der Waals surface area contributed by atoms with Crippen LogP contribution < -0.4 is 5.73 Å². The molecule has 4 nitrogen and oxygen atoms in total. The van der Waals surface area contributed by atoms with Crippen molar-refractivity contribution in [2.75, 3.05) is 6.54 Å². The number of aromatic nitrogens is 3. The van der Waals surface area contributed by atoms with Crippen LogP contribution in [0.4, 0.5) is 0 Å². The van der Waals surface area contributed by atoms with Crippen molar-refractivity contribution in [1.82, 2.24) is 14.8 Å². The Morgan fingerprint density at radius 3 is 2.41 bits per heavy atom. The molecule has 3 aromatic rings. The lowest BCUT2D eigenvalue weighted by Crippen LogP contribution is -2.00. The highest BCUT2D eigenvalue weighted by Crippen LogP contribution is 2.17. The number of aryl methyl sites for hydroxylation is 2. The van der Waals surface area contributed by atoms with E-state index in [1.54, 1.807) is 11.0 Å². The molecule has 2 N–H and O–H groups in total. The molecule has 22 heavy (non-hydrogen) atoms. The first-order chi connectivity index (χ1) is 10.8. The number of benzene rings is 2. The Labute approximate surface area is 130 Å². The highest BCUT2D eigenvalue weighted by atomic mass is 15.3. The first kappa shape index (κ1) is 14.5. The maximum atomic E-state index is 5.54. The van der Waals surface area contributed by atoms with Crippen LogP contribution >= 0.6 is 0 Å². The molecule has 0 amide bonds. The van der Waals surface area contributed by atoms with Gasteiger partial charge in [-0.1, -0.05) is 42.0 Å². The van der Waals surface area contributed by atoms with E-state index in [4.69, 9.17) is 5.73 Å². The molecule has 0 aliphatic heterocycles. The molecule has 0 saturated heterocycles. The van der Waals surface area contributed by atoms with Gasteiger partial charge < -0.3 is 5.73 Å². The van der Waals surface area contributed by atoms with Crippen molar-refractivity contribution in [2.45, 2.75) is 19.8 Å². The molecule has 1 heterocycles. The zero-order chi connectivity index (χ0) is 15.4. The van der Waals surface area contributed by atoms with Crippen molar-refractivity contribution < 1.29 is 0 Å². The largest absolute Gasteiger partial charge is 0.330 e. The quantitative estimate of drug-likeness (QED) is 0.786. The minimum absolute atomic E-state index is 0.726. The van der Waals surface area contributed by atoms with Gasteiger partial charge in [0.2, 0.25) is 0 Å². The molecule has 0 radical (unpaired) electrons. The first-order valence-corrected chi connectivity index (χ1v) is 7.54. The topological polar surface area (TPSA) is 56.7 Å². The van der Waals surface area contributed by atoms with E-state index in [-0.39, 0.29) is 0 Å². The molecule has 0 saturated carbocycles. The third kappa shape index (κ3) is 3.23. The summed E-state index contributed by atoms with van der Waals surface area (Å²) < 4.78 is 1.80. The van der Waals surface area contributed by atoms with Gasteiger partial charge in [-0.3, -0.25) is 0 Å². The number of nitrogens with zero attached hydrogens (tertiary/aromatic N) is 3. The van der Waals surface area contributed by atoms with Crippen molar-refractivity contribution in [3.63, 3.8) is 0 Å². The first-order valence-electron chi connectivity index (χ1n) is 7.54. The zero-order valence-corrected chi connectivity index (χ0v) is 12.7. The molecule has 0 aliphatic rings. The monoisotopic (exact) mass is 292 g/mol. The predicted molar refractivity (Wildman–Crippen MR) is 88.9 cm³/mol. The van der Waals surface area contributed by atoms with Crippen molar-refractivity contribution in [3.05, 3.63) is 66.0 Å². The number of rotatable bonds is 5. The van der Waals surface area contributed by atoms with E-state index < -0.39 is 0 Å². The SMILES string of the molecule is Cc1ccc(-n2cnc(-c3ccc(CCCN)cc3)n2)cc1. The number of nitrogens with two attached hydrogens (primary N) is 1. The van der Waals surface area contributed by atoms with Gasteiger partial charge in [0, 0.05) is 5.56 Å². The number of hydrogen-bond acceptors (Lipinski definition) is 3. The summed E-state index contributed by atoms with van der Waals surface area (Å²) in [7, 11) is 0. The Bertz CT molecular complexity index is 727. The maximum Gasteiger partial charge on any atom is 0.181 e. The maximum absolute atomic E-state index is 5.54. The van der Waals surface area contributed by atoms with Crippen molar-refractivity contribution in [3.8, 4) is 17.1 Å². The predicted octanol–water partition coefficient (Wildman–Crippen LogP) is 3.13. The lowest BCUT2D eigenvalue weighted by Gasteiger charge is -2.02. The molecule has 112 valence electrons. The van der Waals surface area contributed by atoms with Crippen molar-refractivity contribution in [1.29, 1.82) is 0 Å². The summed E-state index contributed by atoms with van der Waals surface area (Å²) in [4.78, 5) is 4.41. The van der Waals surface area contributed by atoms with E-state index in [0.29, 0.717) is 0 Å². The standard InChI is InChI=1S/C18H20N4/c1-14-4-10-17(11-5-14)22-13-20-18(21-22)16-8-6-15(7-9-16)3-2-12-19/h4-11,13H,2-3,12,19H2,1H3. The third-order valence-electron chi connectivity index (χ3n) is 3.67. The van der Waals surface area contributed by atoms with E-state index in [2.05, 4.69) is 53.4 Å². The summed E-state index contributed by atoms with van der Waals surface area (Å²) in [6.07, 6.45) is 3.78. The normalized spacial score (nSPS) is 10.8. The summed E-state index contributed by atoms with van der Waals surface area (Å²) in [5.74, 6) is 0.742. The second kappa shape index (κ2) is 6.54. The van der Waals surface area contributed by atoms with Gasteiger partial charge in [0.25, 0.3) is 0 Å². The lowest BCUT2D eigenvalue weighted by atomic mass is 10.1. The van der Waals surface area contributed by atoms with Crippen molar-refractivity contribution in [2.24, 2.45) is 5.73 Å². The van der Waals surface area contributed by atoms with E-state index in [1.165, 1.54) is 11.1 Å². The summed E-state index contributed by atoms with van der Waals surface area (Å²) in [5, 5.41) is 4.56. The highest BCUT2D eigenvalue weighted by Gasteiger charge is 2.05. The molecule has 0 fully saturated rings. The average Bonchev–Trinajstić information content (AvgIpc) is 3.04. The van der Waals surface area contributed by atoms with Gasteiger partial charge in [-0.05, 0) is 44.0 Å². The lowest BCUT2D eigenvalue weighted by molar-refractivity contribution is 0.832. The Balaban J connectivity index is 1.79. The summed E-state index contributed by atoms with van der Waals surface area (Å²) in [6, 6.07) is 16.6. The third-order valence-corrected chi connectivity index (χ3v) is 3.67. The van der Waals surface area contributed by atoms with Gasteiger partial charge in [0.05, 0.1) is 5.69 Å². The van der Waals surface area contributed by atoms with Gasteiger partial charge in [0.15, 0.2) is 5.82 Å². The Morgan fingerprint density at radius 2 is 1.73 bits per heavy atom. The van der Waals surface area contributed by atoms with Crippen LogP contribution in [0, 0.1) is 6.92 Å². The fourth-order valence-corrected chi connectivity index (χ4v) is 2.34. The summed E-state index contributed by atoms with van der Waals surface area (Å²) in [5.41, 5.74) is 10.1. The Morgan fingerprint density at radius 1 is 1.00 bits per heavy atom. The van der Waals surface area contributed by atoms with E-state index >= 15 is 0 Å². The van der Waals surface area contributed by atoms with Crippen LogP contribution in [0.1, 0.15) is 17.5 Å². The Kier molecular flexibility index (Phi) is 4.30. The smallest absolute Gasteiger partial charge is 0.181 e. The second-order valence-corrected chi connectivity index (χ2v) is 5.44. The molecule has 4 heteroatoms. The molecule has 3 rings (SSSR count). The fourth-order valence-electron chi connectivity index (χ4n) is 2.34. The highest BCUT2D eigenvalue weighted by molar-refractivity contribution is 5.55. The second-order valence-electron chi connectivity index (χ2n) is 5.44. The van der Waals surface area contributed by atoms with Gasteiger partial charge >= 0.3 is 0 Å². The van der Waals surface area contributed by atoms with Gasteiger partial charge in [-0.15, -0.1) is 5.10 Å². The van der Waals surface area contributed by atoms with Gasteiger partial charge in [-0.2, -0.15) is 0 Å². The molecule has 0 unspecified atom stereocenters. The van der Waals surface area contributed by atoms with E-state index in [9.17, 15) is 0 Å². The molecule has 1 aromatic heterocycles. The Hall–Kier alpha value is -2.46. The minimum Gasteiger partial charge on any atom is -0.330 e. The molecule has 2 aromatic carbocycles. The molecule has 0 bridgehead atoms. The fraction of sp³-hybridized carbons (Fsp3) is 0.222. The molecule has 0 atom stereocenters.